The molecule has 4 aromatic rings. The zero-order chi connectivity index (χ0) is 18.1. The van der Waals surface area contributed by atoms with Crippen molar-refractivity contribution in [1.82, 2.24) is 14.5 Å². The molecule has 0 spiro atoms. The van der Waals surface area contributed by atoms with Gasteiger partial charge >= 0.3 is 5.65 Å². The number of rotatable bonds is 2. The molecule has 0 N–H and O–H groups in total. The maximum absolute atomic E-state index is 4.48. The summed E-state index contributed by atoms with van der Waals surface area (Å²) in [5.74, 6) is 0. The third-order valence-corrected chi connectivity index (χ3v) is 3.42. The second-order valence-corrected chi connectivity index (χ2v) is 4.73. The van der Waals surface area contributed by atoms with E-state index < -0.39 is 0 Å². The molecule has 0 radical (unpaired) electrons. The second kappa shape index (κ2) is 9.33. The first-order valence-electron chi connectivity index (χ1n) is 8.78. The molecule has 128 valence electrons. The minimum Gasteiger partial charge on any atom is -0.215 e. The molecule has 0 saturated carbocycles. The van der Waals surface area contributed by atoms with Crippen molar-refractivity contribution in [2.75, 3.05) is 0 Å². The molecule has 0 atom stereocenters. The van der Waals surface area contributed by atoms with Gasteiger partial charge in [0.15, 0.2) is 0 Å². The highest BCUT2D eigenvalue weighted by Gasteiger charge is 2.19. The molecule has 0 aliphatic carbocycles. The lowest BCUT2D eigenvalue weighted by molar-refractivity contribution is -0.570. The van der Waals surface area contributed by atoms with E-state index in [0.717, 1.165) is 22.7 Å². The lowest BCUT2D eigenvalue weighted by Gasteiger charge is -1.97. The SMILES string of the molecule is CC.CC.c1ccc(-n2c[n+](-c3ccccc3)c3nccnc32)cc1. The minimum absolute atomic E-state index is 0.840. The van der Waals surface area contributed by atoms with Gasteiger partial charge in [-0.1, -0.05) is 64.1 Å². The quantitative estimate of drug-likeness (QED) is 0.496. The summed E-state index contributed by atoms with van der Waals surface area (Å²) < 4.78 is 4.10. The van der Waals surface area contributed by atoms with E-state index >= 15 is 0 Å². The van der Waals surface area contributed by atoms with Crippen molar-refractivity contribution in [1.29, 1.82) is 0 Å². The Bertz CT molecular complexity index is 810. The number of imidazole rings is 1. The van der Waals surface area contributed by atoms with E-state index in [2.05, 4.69) is 43.4 Å². The molecule has 4 heteroatoms. The molecule has 0 fully saturated rings. The zero-order valence-electron chi connectivity index (χ0n) is 15.3. The molecule has 25 heavy (non-hydrogen) atoms. The monoisotopic (exact) mass is 333 g/mol. The van der Waals surface area contributed by atoms with Crippen molar-refractivity contribution in [3.8, 4) is 11.4 Å². The molecule has 4 rings (SSSR count). The topological polar surface area (TPSA) is 34.6 Å². The van der Waals surface area contributed by atoms with Crippen LogP contribution >= 0.6 is 0 Å². The standard InChI is InChI=1S/C17H13N4.2C2H6/c1-3-7-14(8-4-1)20-13-21(15-9-5-2-6-10-15)17-16(20)18-11-12-19-17;2*1-2/h1-13H;2*1-2H3/q+1;;. The first-order chi connectivity index (χ1) is 12.4. The Morgan fingerprint density at radius 1 is 0.720 bits per heavy atom. The average Bonchev–Trinajstić information content (AvgIpc) is 3.12. The van der Waals surface area contributed by atoms with Gasteiger partial charge in [-0.15, -0.1) is 4.98 Å². The van der Waals surface area contributed by atoms with Crippen LogP contribution in [0.3, 0.4) is 0 Å². The van der Waals surface area contributed by atoms with Gasteiger partial charge in [0.2, 0.25) is 6.33 Å². The molecular formula is C21H25N4+. The minimum atomic E-state index is 0.840. The van der Waals surface area contributed by atoms with Crippen LogP contribution in [0.25, 0.3) is 22.7 Å². The van der Waals surface area contributed by atoms with E-state index in [0.29, 0.717) is 0 Å². The zero-order valence-corrected chi connectivity index (χ0v) is 15.3. The Balaban J connectivity index is 0.000000528. The number of hydrogen-bond acceptors (Lipinski definition) is 2. The van der Waals surface area contributed by atoms with Gasteiger partial charge in [-0.3, -0.25) is 0 Å². The molecule has 0 saturated heterocycles. The summed E-state index contributed by atoms with van der Waals surface area (Å²) in [6, 6.07) is 20.3. The average molecular weight is 333 g/mol. The van der Waals surface area contributed by atoms with Crippen molar-refractivity contribution in [3.05, 3.63) is 79.4 Å². The molecule has 0 bridgehead atoms. The fourth-order valence-electron chi connectivity index (χ4n) is 2.44. The normalized spacial score (nSPS) is 9.60. The van der Waals surface area contributed by atoms with Crippen LogP contribution in [0.1, 0.15) is 27.7 Å². The van der Waals surface area contributed by atoms with Crippen LogP contribution in [0.15, 0.2) is 79.4 Å². The summed E-state index contributed by atoms with van der Waals surface area (Å²) >= 11 is 0. The molecular weight excluding hydrogens is 308 g/mol. The number of hydrogen-bond donors (Lipinski definition) is 0. The molecule has 0 amide bonds. The van der Waals surface area contributed by atoms with Crippen LogP contribution in [0.5, 0.6) is 0 Å². The lowest BCUT2D eigenvalue weighted by atomic mass is 10.3. The van der Waals surface area contributed by atoms with Gasteiger partial charge in [-0.05, 0) is 24.3 Å². The van der Waals surface area contributed by atoms with Gasteiger partial charge in [0.1, 0.15) is 17.6 Å². The number of para-hydroxylation sites is 2. The van der Waals surface area contributed by atoms with E-state index in [1.165, 1.54) is 0 Å². The fourth-order valence-corrected chi connectivity index (χ4v) is 2.44. The van der Waals surface area contributed by atoms with Crippen molar-refractivity contribution in [2.24, 2.45) is 0 Å². The van der Waals surface area contributed by atoms with Crippen molar-refractivity contribution in [3.63, 3.8) is 0 Å². The van der Waals surface area contributed by atoms with E-state index in [4.69, 9.17) is 0 Å². The van der Waals surface area contributed by atoms with Crippen molar-refractivity contribution >= 4 is 11.3 Å². The Kier molecular flexibility index (Phi) is 6.84. The fraction of sp³-hybridized carbons (Fsp3) is 0.190. The van der Waals surface area contributed by atoms with Crippen molar-refractivity contribution < 1.29 is 4.57 Å². The highest BCUT2D eigenvalue weighted by atomic mass is 15.2. The van der Waals surface area contributed by atoms with Crippen LogP contribution < -0.4 is 4.57 Å². The van der Waals surface area contributed by atoms with Crippen LogP contribution in [-0.4, -0.2) is 14.5 Å². The molecule has 4 nitrogen and oxygen atoms in total. The summed E-state index contributed by atoms with van der Waals surface area (Å²) in [6.07, 6.45) is 5.46. The van der Waals surface area contributed by atoms with E-state index in [9.17, 15) is 0 Å². The summed E-state index contributed by atoms with van der Waals surface area (Å²) in [4.78, 5) is 8.97. The number of nitrogens with zero attached hydrogens (tertiary/aromatic N) is 4. The number of aromatic nitrogens is 4. The molecule has 0 unspecified atom stereocenters. The third kappa shape index (κ3) is 3.91. The predicted molar refractivity (Wildman–Crippen MR) is 103 cm³/mol. The first-order valence-corrected chi connectivity index (χ1v) is 8.78. The summed E-state index contributed by atoms with van der Waals surface area (Å²) in [7, 11) is 0. The van der Waals surface area contributed by atoms with Gasteiger partial charge in [0.25, 0.3) is 5.65 Å². The van der Waals surface area contributed by atoms with Crippen LogP contribution in [-0.2, 0) is 0 Å². The van der Waals surface area contributed by atoms with Crippen LogP contribution in [0.2, 0.25) is 0 Å². The van der Waals surface area contributed by atoms with Gasteiger partial charge in [-0.25, -0.2) is 9.55 Å². The first kappa shape index (κ1) is 18.3. The van der Waals surface area contributed by atoms with E-state index in [-0.39, 0.29) is 0 Å². The van der Waals surface area contributed by atoms with Gasteiger partial charge < -0.3 is 0 Å². The lowest BCUT2D eigenvalue weighted by Crippen LogP contribution is -2.29. The largest absolute Gasteiger partial charge is 0.327 e. The summed E-state index contributed by atoms with van der Waals surface area (Å²) in [5.41, 5.74) is 3.82. The Morgan fingerprint density at radius 2 is 1.28 bits per heavy atom. The maximum atomic E-state index is 4.48. The molecule has 0 aliphatic heterocycles. The number of benzene rings is 2. The molecule has 2 heterocycles. The molecule has 0 aliphatic rings. The Morgan fingerprint density at radius 3 is 1.92 bits per heavy atom. The van der Waals surface area contributed by atoms with Crippen LogP contribution in [0.4, 0.5) is 0 Å². The summed E-state index contributed by atoms with van der Waals surface area (Å²) in [5, 5.41) is 0. The van der Waals surface area contributed by atoms with Gasteiger partial charge in [0.05, 0.1) is 6.20 Å². The second-order valence-electron chi connectivity index (χ2n) is 4.73. The van der Waals surface area contributed by atoms with E-state index in [1.807, 2.05) is 70.4 Å². The smallest absolute Gasteiger partial charge is 0.215 e. The Labute approximate surface area is 149 Å². The Hall–Kier alpha value is -3.01. The molecule has 2 aromatic heterocycles. The highest BCUT2D eigenvalue weighted by Crippen LogP contribution is 2.14. The van der Waals surface area contributed by atoms with E-state index in [1.54, 1.807) is 12.4 Å². The molecule has 2 aromatic carbocycles. The summed E-state index contributed by atoms with van der Waals surface area (Å²) in [6.45, 7) is 8.00. The van der Waals surface area contributed by atoms with Gasteiger partial charge in [-0.2, -0.15) is 4.57 Å². The maximum Gasteiger partial charge on any atom is 0.327 e. The predicted octanol–water partition coefficient (Wildman–Crippen LogP) is 4.75. The van der Waals surface area contributed by atoms with Gasteiger partial charge in [0, 0.05) is 0 Å². The highest BCUT2D eigenvalue weighted by molar-refractivity contribution is 5.65. The number of fused-ring (bicyclic) bond motifs is 1. The van der Waals surface area contributed by atoms with Crippen LogP contribution in [0, 0.1) is 0 Å². The van der Waals surface area contributed by atoms with Crippen molar-refractivity contribution in [2.45, 2.75) is 27.7 Å². The third-order valence-electron chi connectivity index (χ3n) is 3.42.